The van der Waals surface area contributed by atoms with Crippen LogP contribution in [0, 0.1) is 5.92 Å². The fourth-order valence-corrected chi connectivity index (χ4v) is 3.22. The first-order valence-corrected chi connectivity index (χ1v) is 8.38. The Hall–Kier alpha value is -0.650. The van der Waals surface area contributed by atoms with Crippen LogP contribution < -0.4 is 10.6 Å². The molecule has 21 heavy (non-hydrogen) atoms. The number of carbonyl (C=O) groups is 1. The molecular weight excluding hydrogens is 264 g/mol. The second-order valence-electron chi connectivity index (χ2n) is 7.28. The standard InChI is InChI=1S/C16H32N4O/c1-16(2,20-10-8-19(3)9-11-20)13-18-15(21)5-4-14-6-7-17-12-14/h14,17H,4-13H2,1-3H3,(H,18,21). The third kappa shape index (κ3) is 5.24. The van der Waals surface area contributed by atoms with Gasteiger partial charge in [0.1, 0.15) is 0 Å². The number of likely N-dealkylation sites (N-methyl/N-ethyl adjacent to an activating group) is 1. The third-order valence-electron chi connectivity index (χ3n) is 5.02. The van der Waals surface area contributed by atoms with E-state index in [9.17, 15) is 4.79 Å². The summed E-state index contributed by atoms with van der Waals surface area (Å²) in [4.78, 5) is 16.9. The molecule has 2 aliphatic heterocycles. The van der Waals surface area contributed by atoms with Crippen molar-refractivity contribution < 1.29 is 4.79 Å². The lowest BCUT2D eigenvalue weighted by molar-refractivity contribution is -0.122. The molecule has 0 spiro atoms. The largest absolute Gasteiger partial charge is 0.354 e. The number of rotatable bonds is 6. The lowest BCUT2D eigenvalue weighted by atomic mass is 10.0. The van der Waals surface area contributed by atoms with Crippen molar-refractivity contribution in [2.75, 3.05) is 52.9 Å². The summed E-state index contributed by atoms with van der Waals surface area (Å²) in [6.45, 7) is 11.8. The van der Waals surface area contributed by atoms with Gasteiger partial charge in [0, 0.05) is 44.7 Å². The number of nitrogens with one attached hydrogen (secondary N) is 2. The van der Waals surface area contributed by atoms with Crippen LogP contribution in [0.1, 0.15) is 33.1 Å². The zero-order chi connectivity index (χ0) is 15.3. The van der Waals surface area contributed by atoms with Gasteiger partial charge in [-0.1, -0.05) is 0 Å². The molecule has 0 aliphatic carbocycles. The molecule has 1 amide bonds. The van der Waals surface area contributed by atoms with Crippen molar-refractivity contribution in [1.82, 2.24) is 20.4 Å². The minimum Gasteiger partial charge on any atom is -0.354 e. The van der Waals surface area contributed by atoms with Crippen LogP contribution in [0.4, 0.5) is 0 Å². The molecule has 5 nitrogen and oxygen atoms in total. The molecule has 0 aromatic heterocycles. The van der Waals surface area contributed by atoms with E-state index in [4.69, 9.17) is 0 Å². The van der Waals surface area contributed by atoms with Crippen molar-refractivity contribution in [1.29, 1.82) is 0 Å². The predicted molar refractivity (Wildman–Crippen MR) is 86.4 cm³/mol. The Labute approximate surface area is 129 Å². The Kier molecular flexibility index (Phi) is 6.02. The maximum Gasteiger partial charge on any atom is 0.220 e. The van der Waals surface area contributed by atoms with Gasteiger partial charge in [0.05, 0.1) is 0 Å². The number of hydrogen-bond donors (Lipinski definition) is 2. The minimum absolute atomic E-state index is 0.0475. The van der Waals surface area contributed by atoms with Crippen molar-refractivity contribution in [2.24, 2.45) is 5.92 Å². The molecule has 2 N–H and O–H groups in total. The molecule has 2 rings (SSSR count). The van der Waals surface area contributed by atoms with Crippen LogP contribution in [0.3, 0.4) is 0 Å². The van der Waals surface area contributed by atoms with E-state index < -0.39 is 0 Å². The van der Waals surface area contributed by atoms with Crippen LogP contribution in [-0.2, 0) is 4.79 Å². The molecule has 5 heteroatoms. The van der Waals surface area contributed by atoms with Gasteiger partial charge in [-0.2, -0.15) is 0 Å². The monoisotopic (exact) mass is 296 g/mol. The predicted octanol–water partition coefficient (Wildman–Crippen LogP) is 0.518. The molecule has 2 saturated heterocycles. The van der Waals surface area contributed by atoms with Crippen LogP contribution in [0.5, 0.6) is 0 Å². The maximum absolute atomic E-state index is 12.0. The maximum atomic E-state index is 12.0. The highest BCUT2D eigenvalue weighted by Crippen LogP contribution is 2.17. The molecule has 0 radical (unpaired) electrons. The quantitative estimate of drug-likeness (QED) is 0.750. The zero-order valence-corrected chi connectivity index (χ0v) is 14.0. The van der Waals surface area contributed by atoms with E-state index in [1.807, 2.05) is 0 Å². The SMILES string of the molecule is CN1CCN(C(C)(C)CNC(=O)CCC2CCNC2)CC1. The van der Waals surface area contributed by atoms with E-state index in [0.717, 1.165) is 52.2 Å². The first kappa shape index (κ1) is 16.7. The minimum atomic E-state index is 0.0475. The fraction of sp³-hybridized carbons (Fsp3) is 0.938. The van der Waals surface area contributed by atoms with E-state index >= 15 is 0 Å². The Morgan fingerprint density at radius 1 is 1.29 bits per heavy atom. The van der Waals surface area contributed by atoms with Crippen LogP contribution >= 0.6 is 0 Å². The van der Waals surface area contributed by atoms with E-state index in [2.05, 4.69) is 41.3 Å². The first-order chi connectivity index (χ1) is 9.97. The summed E-state index contributed by atoms with van der Waals surface area (Å²) in [6, 6.07) is 0. The number of hydrogen-bond acceptors (Lipinski definition) is 4. The van der Waals surface area contributed by atoms with Crippen molar-refractivity contribution in [3.8, 4) is 0 Å². The Bertz CT molecular complexity index is 331. The average Bonchev–Trinajstić information content (AvgIpc) is 2.97. The van der Waals surface area contributed by atoms with Crippen molar-refractivity contribution in [2.45, 2.75) is 38.6 Å². The van der Waals surface area contributed by atoms with E-state index in [1.54, 1.807) is 0 Å². The Morgan fingerprint density at radius 2 is 2.00 bits per heavy atom. The second kappa shape index (κ2) is 7.56. The van der Waals surface area contributed by atoms with Crippen molar-refractivity contribution in [3.05, 3.63) is 0 Å². The van der Waals surface area contributed by atoms with Gasteiger partial charge in [0.25, 0.3) is 0 Å². The topological polar surface area (TPSA) is 47.6 Å². The molecule has 2 fully saturated rings. The van der Waals surface area contributed by atoms with E-state index in [0.29, 0.717) is 12.3 Å². The number of piperazine rings is 1. The Balaban J connectivity index is 1.66. The van der Waals surface area contributed by atoms with Gasteiger partial charge in [-0.15, -0.1) is 0 Å². The molecule has 2 heterocycles. The summed E-state index contributed by atoms with van der Waals surface area (Å²) in [7, 11) is 2.17. The molecule has 1 unspecified atom stereocenters. The third-order valence-corrected chi connectivity index (χ3v) is 5.02. The number of carbonyl (C=O) groups excluding carboxylic acids is 1. The summed E-state index contributed by atoms with van der Waals surface area (Å²) >= 11 is 0. The van der Waals surface area contributed by atoms with Crippen LogP contribution in [0.25, 0.3) is 0 Å². The summed E-state index contributed by atoms with van der Waals surface area (Å²) in [6.07, 6.45) is 2.92. The van der Waals surface area contributed by atoms with E-state index in [1.165, 1.54) is 6.42 Å². The lowest BCUT2D eigenvalue weighted by Gasteiger charge is -2.43. The highest BCUT2D eigenvalue weighted by atomic mass is 16.1. The van der Waals surface area contributed by atoms with Crippen molar-refractivity contribution >= 4 is 5.91 Å². The molecule has 1 atom stereocenters. The van der Waals surface area contributed by atoms with Crippen molar-refractivity contribution in [3.63, 3.8) is 0 Å². The van der Waals surface area contributed by atoms with Gasteiger partial charge in [0.2, 0.25) is 5.91 Å². The van der Waals surface area contributed by atoms with Gasteiger partial charge in [-0.05, 0) is 52.7 Å². The molecule has 2 aliphatic rings. The second-order valence-corrected chi connectivity index (χ2v) is 7.28. The molecule has 122 valence electrons. The highest BCUT2D eigenvalue weighted by molar-refractivity contribution is 5.75. The van der Waals surface area contributed by atoms with Gasteiger partial charge >= 0.3 is 0 Å². The van der Waals surface area contributed by atoms with Gasteiger partial charge < -0.3 is 15.5 Å². The van der Waals surface area contributed by atoms with Gasteiger partial charge in [-0.25, -0.2) is 0 Å². The van der Waals surface area contributed by atoms with Crippen LogP contribution in [0.15, 0.2) is 0 Å². The first-order valence-electron chi connectivity index (χ1n) is 8.38. The van der Waals surface area contributed by atoms with Crippen LogP contribution in [-0.4, -0.2) is 74.1 Å². The molecule has 0 aromatic rings. The Morgan fingerprint density at radius 3 is 2.62 bits per heavy atom. The van der Waals surface area contributed by atoms with Gasteiger partial charge in [0.15, 0.2) is 0 Å². The fourth-order valence-electron chi connectivity index (χ4n) is 3.22. The van der Waals surface area contributed by atoms with E-state index in [-0.39, 0.29) is 11.4 Å². The van der Waals surface area contributed by atoms with Gasteiger partial charge in [-0.3, -0.25) is 9.69 Å². The number of nitrogens with zero attached hydrogens (tertiary/aromatic N) is 2. The lowest BCUT2D eigenvalue weighted by Crippen LogP contribution is -2.57. The summed E-state index contributed by atoms with van der Waals surface area (Å²) in [5.41, 5.74) is 0.0475. The highest BCUT2D eigenvalue weighted by Gasteiger charge is 2.29. The summed E-state index contributed by atoms with van der Waals surface area (Å²) in [5, 5.41) is 6.50. The molecule has 0 bridgehead atoms. The molecule has 0 aromatic carbocycles. The summed E-state index contributed by atoms with van der Waals surface area (Å²) < 4.78 is 0. The normalized spacial score (nSPS) is 25.2. The summed E-state index contributed by atoms with van der Waals surface area (Å²) in [5.74, 6) is 0.908. The molecular formula is C16H32N4O. The smallest absolute Gasteiger partial charge is 0.220 e. The zero-order valence-electron chi connectivity index (χ0n) is 14.0. The van der Waals surface area contributed by atoms with Crippen LogP contribution in [0.2, 0.25) is 0 Å². The number of amides is 1. The molecule has 0 saturated carbocycles. The average molecular weight is 296 g/mol.